The van der Waals surface area contributed by atoms with Crippen molar-refractivity contribution in [3.63, 3.8) is 0 Å². The normalized spacial score (nSPS) is 10.2. The molecule has 16 heavy (non-hydrogen) atoms. The molecule has 0 aliphatic carbocycles. The first-order valence-electron chi connectivity index (χ1n) is 4.16. The minimum absolute atomic E-state index is 0.216. The molecular weight excluding hydrogens is 220 g/mol. The van der Waals surface area contributed by atoms with Crippen LogP contribution >= 0.6 is 0 Å². The molecule has 3 N–H and O–H groups in total. The number of carbonyl (C=O) groups is 1. The second kappa shape index (κ2) is 4.63. The molecule has 1 rings (SSSR count). The van der Waals surface area contributed by atoms with Crippen molar-refractivity contribution in [1.82, 2.24) is 4.98 Å². The standard InChI is InChI=1S/C9H7F2N3O2/c10-8(11)7-5(2-13)14-3-4(1-12)6(7)9(15)16/h3,8H,2,13H2,(H,15,16). The minimum Gasteiger partial charge on any atom is -0.478 e. The van der Waals surface area contributed by atoms with Crippen molar-refractivity contribution in [3.8, 4) is 6.07 Å². The van der Waals surface area contributed by atoms with Crippen LogP contribution in [-0.4, -0.2) is 16.1 Å². The summed E-state index contributed by atoms with van der Waals surface area (Å²) in [5, 5.41) is 17.4. The number of carboxylic acids is 1. The number of aromatic nitrogens is 1. The molecule has 0 bridgehead atoms. The average Bonchev–Trinajstić information content (AvgIpc) is 2.26. The molecule has 0 amide bonds. The summed E-state index contributed by atoms with van der Waals surface area (Å²) in [6, 6.07) is 1.51. The Morgan fingerprint density at radius 2 is 2.31 bits per heavy atom. The van der Waals surface area contributed by atoms with Crippen LogP contribution in [0.5, 0.6) is 0 Å². The molecule has 5 nitrogen and oxygen atoms in total. The number of alkyl halides is 2. The van der Waals surface area contributed by atoms with Gasteiger partial charge < -0.3 is 10.8 Å². The van der Waals surface area contributed by atoms with E-state index in [1.54, 1.807) is 0 Å². The lowest BCUT2D eigenvalue weighted by Crippen LogP contribution is -2.13. The van der Waals surface area contributed by atoms with Gasteiger partial charge in [0.15, 0.2) is 0 Å². The Labute approximate surface area is 89.1 Å². The third kappa shape index (κ3) is 1.97. The Bertz CT molecular complexity index is 469. The summed E-state index contributed by atoms with van der Waals surface area (Å²) in [6.45, 7) is -0.314. The van der Waals surface area contributed by atoms with Crippen molar-refractivity contribution in [2.75, 3.05) is 0 Å². The van der Waals surface area contributed by atoms with Gasteiger partial charge in [-0.15, -0.1) is 0 Å². The zero-order chi connectivity index (χ0) is 12.3. The Kier molecular flexibility index (Phi) is 3.48. The highest BCUT2D eigenvalue weighted by molar-refractivity contribution is 5.92. The Hall–Kier alpha value is -2.07. The van der Waals surface area contributed by atoms with Gasteiger partial charge in [-0.2, -0.15) is 5.26 Å². The van der Waals surface area contributed by atoms with E-state index in [9.17, 15) is 13.6 Å². The molecule has 0 aliphatic heterocycles. The molecule has 0 aliphatic rings. The van der Waals surface area contributed by atoms with E-state index in [2.05, 4.69) is 4.98 Å². The van der Waals surface area contributed by atoms with E-state index in [0.29, 0.717) is 0 Å². The van der Waals surface area contributed by atoms with Crippen LogP contribution in [0.4, 0.5) is 8.78 Å². The molecular formula is C9H7F2N3O2. The summed E-state index contributed by atoms with van der Waals surface area (Å²) in [5.41, 5.74) is 3.05. The molecule has 0 radical (unpaired) electrons. The lowest BCUT2D eigenvalue weighted by atomic mass is 10.0. The molecule has 0 aromatic carbocycles. The smallest absolute Gasteiger partial charge is 0.337 e. The summed E-state index contributed by atoms with van der Waals surface area (Å²) in [7, 11) is 0. The third-order valence-electron chi connectivity index (χ3n) is 1.94. The summed E-state index contributed by atoms with van der Waals surface area (Å²) >= 11 is 0. The van der Waals surface area contributed by atoms with Gasteiger partial charge >= 0.3 is 5.97 Å². The molecule has 7 heteroatoms. The highest BCUT2D eigenvalue weighted by atomic mass is 19.3. The Balaban J connectivity index is 3.61. The van der Waals surface area contributed by atoms with E-state index < -0.39 is 29.1 Å². The SMILES string of the molecule is N#Cc1cnc(CN)c(C(F)F)c1C(=O)O. The highest BCUT2D eigenvalue weighted by Crippen LogP contribution is 2.27. The lowest BCUT2D eigenvalue weighted by molar-refractivity contribution is 0.0683. The van der Waals surface area contributed by atoms with Crippen molar-refractivity contribution in [3.05, 3.63) is 28.6 Å². The van der Waals surface area contributed by atoms with Gasteiger partial charge in [-0.25, -0.2) is 13.6 Å². The van der Waals surface area contributed by atoms with Gasteiger partial charge in [0.25, 0.3) is 6.43 Å². The number of rotatable bonds is 3. The number of nitriles is 1. The van der Waals surface area contributed by atoms with E-state index in [-0.39, 0.29) is 12.2 Å². The van der Waals surface area contributed by atoms with Crippen LogP contribution in [0.3, 0.4) is 0 Å². The topological polar surface area (TPSA) is 100 Å². The van der Waals surface area contributed by atoms with Crippen molar-refractivity contribution in [1.29, 1.82) is 5.26 Å². The number of nitrogens with zero attached hydrogens (tertiary/aromatic N) is 2. The number of halogens is 2. The van der Waals surface area contributed by atoms with Crippen LogP contribution in [0.15, 0.2) is 6.20 Å². The highest BCUT2D eigenvalue weighted by Gasteiger charge is 2.25. The fourth-order valence-corrected chi connectivity index (χ4v) is 1.28. The van der Waals surface area contributed by atoms with Gasteiger partial charge in [-0.1, -0.05) is 0 Å². The number of nitrogens with two attached hydrogens (primary N) is 1. The largest absolute Gasteiger partial charge is 0.478 e. The van der Waals surface area contributed by atoms with Crippen LogP contribution in [0.25, 0.3) is 0 Å². The molecule has 0 saturated heterocycles. The van der Waals surface area contributed by atoms with Crippen molar-refractivity contribution in [2.24, 2.45) is 5.73 Å². The second-order valence-corrected chi connectivity index (χ2v) is 2.83. The maximum absolute atomic E-state index is 12.7. The first-order valence-corrected chi connectivity index (χ1v) is 4.16. The van der Waals surface area contributed by atoms with Gasteiger partial charge in [-0.3, -0.25) is 4.98 Å². The number of hydrogen-bond donors (Lipinski definition) is 2. The van der Waals surface area contributed by atoms with E-state index >= 15 is 0 Å². The number of carboxylic acid groups (broad SMARTS) is 1. The summed E-state index contributed by atoms with van der Waals surface area (Å²) in [4.78, 5) is 14.4. The molecule has 1 heterocycles. The first kappa shape index (κ1) is 12.0. The molecule has 1 aromatic heterocycles. The lowest BCUT2D eigenvalue weighted by Gasteiger charge is -2.10. The molecule has 84 valence electrons. The quantitative estimate of drug-likeness (QED) is 0.803. The van der Waals surface area contributed by atoms with E-state index in [1.807, 2.05) is 0 Å². The predicted molar refractivity (Wildman–Crippen MR) is 48.8 cm³/mol. The molecule has 0 unspecified atom stereocenters. The molecule has 0 fully saturated rings. The maximum Gasteiger partial charge on any atom is 0.337 e. The summed E-state index contributed by atoms with van der Waals surface area (Å²) < 4.78 is 25.4. The predicted octanol–water partition coefficient (Wildman–Crippen LogP) is 1.05. The zero-order valence-corrected chi connectivity index (χ0v) is 7.94. The van der Waals surface area contributed by atoms with Crippen molar-refractivity contribution in [2.45, 2.75) is 13.0 Å². The Morgan fingerprint density at radius 1 is 1.69 bits per heavy atom. The fraction of sp³-hybridized carbons (Fsp3) is 0.222. The van der Waals surface area contributed by atoms with Gasteiger partial charge in [0.05, 0.1) is 22.4 Å². The number of hydrogen-bond acceptors (Lipinski definition) is 4. The monoisotopic (exact) mass is 227 g/mol. The third-order valence-corrected chi connectivity index (χ3v) is 1.94. The summed E-state index contributed by atoms with van der Waals surface area (Å²) in [5.74, 6) is -1.59. The zero-order valence-electron chi connectivity index (χ0n) is 7.94. The summed E-state index contributed by atoms with van der Waals surface area (Å²) in [6.07, 6.45) is -2.11. The van der Waals surface area contributed by atoms with Gasteiger partial charge in [0, 0.05) is 12.7 Å². The van der Waals surface area contributed by atoms with Crippen LogP contribution in [0.2, 0.25) is 0 Å². The van der Waals surface area contributed by atoms with E-state index in [0.717, 1.165) is 6.20 Å². The fourth-order valence-electron chi connectivity index (χ4n) is 1.28. The first-order chi connectivity index (χ1) is 7.52. The van der Waals surface area contributed by atoms with Crippen LogP contribution in [0, 0.1) is 11.3 Å². The molecule has 1 aromatic rings. The van der Waals surface area contributed by atoms with Crippen LogP contribution in [0.1, 0.15) is 33.6 Å². The maximum atomic E-state index is 12.7. The molecule has 0 spiro atoms. The molecule has 0 atom stereocenters. The number of aromatic carboxylic acids is 1. The van der Waals surface area contributed by atoms with Crippen molar-refractivity contribution < 1.29 is 18.7 Å². The van der Waals surface area contributed by atoms with Crippen LogP contribution < -0.4 is 5.73 Å². The van der Waals surface area contributed by atoms with Gasteiger partial charge in [0.1, 0.15) is 6.07 Å². The van der Waals surface area contributed by atoms with E-state index in [4.69, 9.17) is 16.1 Å². The van der Waals surface area contributed by atoms with Gasteiger partial charge in [0.2, 0.25) is 0 Å². The average molecular weight is 227 g/mol. The second-order valence-electron chi connectivity index (χ2n) is 2.83. The number of pyridine rings is 1. The minimum atomic E-state index is -3.04. The Morgan fingerprint density at radius 3 is 2.69 bits per heavy atom. The van der Waals surface area contributed by atoms with Gasteiger partial charge in [-0.05, 0) is 0 Å². The van der Waals surface area contributed by atoms with Crippen molar-refractivity contribution >= 4 is 5.97 Å². The molecule has 0 saturated carbocycles. The van der Waals surface area contributed by atoms with Crippen LogP contribution in [-0.2, 0) is 6.54 Å². The van der Waals surface area contributed by atoms with E-state index in [1.165, 1.54) is 6.07 Å².